The molecule has 0 saturated carbocycles. The van der Waals surface area contributed by atoms with Crippen LogP contribution < -0.4 is 4.90 Å². The molecule has 28 heavy (non-hydrogen) atoms. The molecule has 0 bridgehead atoms. The lowest BCUT2D eigenvalue weighted by Gasteiger charge is -2.36. The van der Waals surface area contributed by atoms with Crippen LogP contribution in [-0.2, 0) is 0 Å². The fourth-order valence-corrected chi connectivity index (χ4v) is 4.03. The summed E-state index contributed by atoms with van der Waals surface area (Å²) in [5, 5.41) is 4.88. The van der Waals surface area contributed by atoms with Gasteiger partial charge in [0.1, 0.15) is 5.82 Å². The Bertz CT molecular complexity index is 1010. The van der Waals surface area contributed by atoms with Gasteiger partial charge in [-0.05, 0) is 33.3 Å². The second-order valence-corrected chi connectivity index (χ2v) is 8.04. The van der Waals surface area contributed by atoms with Gasteiger partial charge in [-0.15, -0.1) is 0 Å². The molecule has 146 valence electrons. The highest BCUT2D eigenvalue weighted by molar-refractivity contribution is 5.81. The second-order valence-electron chi connectivity index (χ2n) is 8.04. The molecule has 3 aromatic rings. The summed E-state index contributed by atoms with van der Waals surface area (Å²) in [6, 6.07) is 10.8. The molecule has 3 heterocycles. The number of fused-ring (bicyclic) bond motifs is 1. The lowest BCUT2D eigenvalue weighted by atomic mass is 10.0. The molecule has 0 radical (unpaired) electrons. The maximum absolute atomic E-state index is 4.88. The van der Waals surface area contributed by atoms with Gasteiger partial charge in [0, 0.05) is 50.0 Å². The van der Waals surface area contributed by atoms with Crippen molar-refractivity contribution in [3.05, 3.63) is 59.4 Å². The smallest absolute Gasteiger partial charge is 0.165 e. The van der Waals surface area contributed by atoms with E-state index >= 15 is 0 Å². The van der Waals surface area contributed by atoms with Crippen LogP contribution in [0.4, 0.5) is 5.82 Å². The van der Waals surface area contributed by atoms with Gasteiger partial charge in [-0.2, -0.15) is 9.61 Å². The molecule has 5 heteroatoms. The van der Waals surface area contributed by atoms with Crippen molar-refractivity contribution < 1.29 is 0 Å². The zero-order chi connectivity index (χ0) is 19.8. The van der Waals surface area contributed by atoms with Crippen molar-refractivity contribution in [2.24, 2.45) is 0 Å². The van der Waals surface area contributed by atoms with E-state index < -0.39 is 0 Å². The molecule has 0 amide bonds. The number of nitrogens with zero attached hydrogens (tertiary/aromatic N) is 5. The summed E-state index contributed by atoms with van der Waals surface area (Å²) in [6.07, 6.45) is 0. The van der Waals surface area contributed by atoms with E-state index in [4.69, 9.17) is 10.1 Å². The molecule has 1 aromatic carbocycles. The van der Waals surface area contributed by atoms with Gasteiger partial charge in [-0.25, -0.2) is 4.98 Å². The third-order valence-corrected chi connectivity index (χ3v) is 5.40. The normalized spacial score (nSPS) is 15.4. The average molecular weight is 376 g/mol. The molecule has 2 aromatic heterocycles. The molecule has 4 rings (SSSR count). The van der Waals surface area contributed by atoms with Crippen LogP contribution >= 0.6 is 0 Å². The summed E-state index contributed by atoms with van der Waals surface area (Å²) in [6.45, 7) is 17.5. The van der Waals surface area contributed by atoms with E-state index in [9.17, 15) is 0 Å². The number of benzene rings is 1. The van der Waals surface area contributed by atoms with Crippen LogP contribution in [0.1, 0.15) is 23.9 Å². The number of hydrogen-bond acceptors (Lipinski definition) is 4. The molecular formula is C23H29N5. The third-order valence-electron chi connectivity index (χ3n) is 5.40. The predicted octanol–water partition coefficient (Wildman–Crippen LogP) is 4.02. The van der Waals surface area contributed by atoms with E-state index in [-0.39, 0.29) is 0 Å². The van der Waals surface area contributed by atoms with Crippen LogP contribution in [0.5, 0.6) is 0 Å². The van der Waals surface area contributed by atoms with Crippen LogP contribution in [0.25, 0.3) is 16.8 Å². The lowest BCUT2D eigenvalue weighted by molar-refractivity contribution is 0.277. The van der Waals surface area contributed by atoms with Crippen LogP contribution in [0.3, 0.4) is 0 Å². The molecule has 0 spiro atoms. The van der Waals surface area contributed by atoms with Crippen LogP contribution in [-0.4, -0.2) is 52.2 Å². The van der Waals surface area contributed by atoms with E-state index in [1.54, 1.807) is 0 Å². The fraction of sp³-hybridized carbons (Fsp3) is 0.391. The Kier molecular flexibility index (Phi) is 4.94. The van der Waals surface area contributed by atoms with Gasteiger partial charge >= 0.3 is 0 Å². The van der Waals surface area contributed by atoms with Crippen molar-refractivity contribution in [1.29, 1.82) is 0 Å². The Morgan fingerprint density at radius 1 is 1.04 bits per heavy atom. The Balaban J connectivity index is 1.72. The summed E-state index contributed by atoms with van der Waals surface area (Å²) in [7, 11) is 0. The summed E-state index contributed by atoms with van der Waals surface area (Å²) in [5.41, 5.74) is 7.78. The first-order valence-electron chi connectivity index (χ1n) is 9.98. The lowest BCUT2D eigenvalue weighted by Crippen LogP contribution is -2.47. The van der Waals surface area contributed by atoms with Gasteiger partial charge in [0.25, 0.3) is 0 Å². The molecule has 0 unspecified atom stereocenters. The Morgan fingerprint density at radius 3 is 2.36 bits per heavy atom. The first-order valence-corrected chi connectivity index (χ1v) is 9.98. The minimum atomic E-state index is 0.945. The molecule has 1 saturated heterocycles. The van der Waals surface area contributed by atoms with Crippen molar-refractivity contribution in [3.8, 4) is 11.1 Å². The predicted molar refractivity (Wildman–Crippen MR) is 116 cm³/mol. The largest absolute Gasteiger partial charge is 0.354 e. The van der Waals surface area contributed by atoms with Crippen LogP contribution in [0, 0.1) is 20.8 Å². The van der Waals surface area contributed by atoms with Crippen molar-refractivity contribution in [1.82, 2.24) is 19.5 Å². The molecule has 1 aliphatic rings. The van der Waals surface area contributed by atoms with Crippen LogP contribution in [0.15, 0.2) is 42.5 Å². The number of piperazine rings is 1. The maximum Gasteiger partial charge on any atom is 0.165 e. The second kappa shape index (κ2) is 7.40. The molecule has 5 nitrogen and oxygen atoms in total. The van der Waals surface area contributed by atoms with E-state index in [1.807, 2.05) is 4.52 Å². The summed E-state index contributed by atoms with van der Waals surface area (Å²) >= 11 is 0. The standard InChI is InChI=1S/C23H29N5/c1-16(2)15-26-10-12-27(13-11-26)21-14-18(4)24-23-22(19(5)25-28(21)23)20-8-6-17(3)7-9-20/h6-9,14H,1,10-13,15H2,2-5H3. The van der Waals surface area contributed by atoms with E-state index in [2.05, 4.69) is 74.4 Å². The first kappa shape index (κ1) is 18.7. The van der Waals surface area contributed by atoms with Crippen molar-refractivity contribution in [2.75, 3.05) is 37.6 Å². The highest BCUT2D eigenvalue weighted by Gasteiger charge is 2.22. The van der Waals surface area contributed by atoms with Gasteiger partial charge < -0.3 is 4.90 Å². The number of rotatable bonds is 4. The maximum atomic E-state index is 4.88. The third kappa shape index (κ3) is 3.54. The molecule has 0 N–H and O–H groups in total. The van der Waals surface area contributed by atoms with Crippen molar-refractivity contribution in [2.45, 2.75) is 27.7 Å². The molecule has 1 aliphatic heterocycles. The number of hydrogen-bond donors (Lipinski definition) is 0. The van der Waals surface area contributed by atoms with Gasteiger partial charge in [-0.1, -0.05) is 42.0 Å². The van der Waals surface area contributed by atoms with Gasteiger partial charge in [0.2, 0.25) is 0 Å². The Labute approximate surface area is 167 Å². The highest BCUT2D eigenvalue weighted by Crippen LogP contribution is 2.30. The quantitative estimate of drug-likeness (QED) is 0.646. The topological polar surface area (TPSA) is 36.7 Å². The molecule has 0 aliphatic carbocycles. The zero-order valence-corrected chi connectivity index (χ0v) is 17.4. The first-order chi connectivity index (χ1) is 13.4. The van der Waals surface area contributed by atoms with Crippen molar-refractivity contribution in [3.63, 3.8) is 0 Å². The summed E-state index contributed by atoms with van der Waals surface area (Å²) in [5.74, 6) is 1.14. The Morgan fingerprint density at radius 2 is 1.71 bits per heavy atom. The summed E-state index contributed by atoms with van der Waals surface area (Å²) in [4.78, 5) is 9.76. The number of aryl methyl sites for hydroxylation is 3. The number of anilines is 1. The van der Waals surface area contributed by atoms with E-state index in [0.29, 0.717) is 0 Å². The Hall–Kier alpha value is -2.66. The van der Waals surface area contributed by atoms with Gasteiger partial charge in [0.05, 0.1) is 5.69 Å². The number of aromatic nitrogens is 3. The average Bonchev–Trinajstić information content (AvgIpc) is 2.98. The van der Waals surface area contributed by atoms with Crippen molar-refractivity contribution >= 4 is 11.5 Å². The monoisotopic (exact) mass is 375 g/mol. The zero-order valence-electron chi connectivity index (χ0n) is 17.4. The molecule has 0 atom stereocenters. The SMILES string of the molecule is C=C(C)CN1CCN(c2cc(C)nc3c(-c4ccc(C)cc4)c(C)nn23)CC1. The van der Waals surface area contributed by atoms with Gasteiger partial charge in [0.15, 0.2) is 5.65 Å². The van der Waals surface area contributed by atoms with Crippen LogP contribution in [0.2, 0.25) is 0 Å². The highest BCUT2D eigenvalue weighted by atomic mass is 15.4. The van der Waals surface area contributed by atoms with E-state index in [1.165, 1.54) is 16.7 Å². The van der Waals surface area contributed by atoms with Gasteiger partial charge in [-0.3, -0.25) is 4.90 Å². The van der Waals surface area contributed by atoms with E-state index in [0.717, 1.165) is 61.1 Å². The summed E-state index contributed by atoms with van der Waals surface area (Å²) < 4.78 is 2.03. The minimum absolute atomic E-state index is 0.945. The molecular weight excluding hydrogens is 346 g/mol. The fourth-order valence-electron chi connectivity index (χ4n) is 4.03. The minimum Gasteiger partial charge on any atom is -0.354 e. The molecule has 1 fully saturated rings.